The third kappa shape index (κ3) is 5.10. The van der Waals surface area contributed by atoms with E-state index >= 15 is 0 Å². The van der Waals surface area contributed by atoms with E-state index in [1.807, 2.05) is 0 Å². The number of nitrogens with one attached hydrogen (secondary N) is 1. The van der Waals surface area contributed by atoms with Crippen molar-refractivity contribution in [2.24, 2.45) is 11.3 Å². The van der Waals surface area contributed by atoms with Crippen molar-refractivity contribution in [3.63, 3.8) is 0 Å². The molecule has 2 fully saturated rings. The molecule has 0 radical (unpaired) electrons. The topological polar surface area (TPSA) is 75.7 Å². The number of hydrogen-bond acceptors (Lipinski definition) is 4. The number of hydrogen-bond donors (Lipinski definition) is 1. The summed E-state index contributed by atoms with van der Waals surface area (Å²) in [5, 5.41) is 2.29. The lowest BCUT2D eigenvalue weighted by molar-refractivity contribution is -0.308. The highest BCUT2D eigenvalue weighted by molar-refractivity contribution is 6.06. The van der Waals surface area contributed by atoms with Gasteiger partial charge < -0.3 is 9.64 Å². The van der Waals surface area contributed by atoms with Crippen molar-refractivity contribution < 1.29 is 45.5 Å². The van der Waals surface area contributed by atoms with Crippen LogP contribution in [0.5, 0.6) is 0 Å². The molecule has 1 N–H and O–H groups in total. The number of benzene rings is 1. The fourth-order valence-corrected chi connectivity index (χ4v) is 3.76. The molecule has 1 saturated heterocycles. The Morgan fingerprint density at radius 2 is 1.55 bits per heavy atom. The Morgan fingerprint density at radius 1 is 1.00 bits per heavy atom. The molecule has 1 aromatic carbocycles. The van der Waals surface area contributed by atoms with E-state index < -0.39 is 47.7 Å². The van der Waals surface area contributed by atoms with Crippen molar-refractivity contribution in [1.29, 1.82) is 0 Å². The normalized spacial score (nSPS) is 20.5. The SMILES string of the molecule is O=C(NC(=O)C1CC12CCN(C(=O)OC(C(F)(F)F)C(F)(F)F)CC2)c1ccccc1. The van der Waals surface area contributed by atoms with Gasteiger partial charge in [0.05, 0.1) is 0 Å². The van der Waals surface area contributed by atoms with Crippen LogP contribution in [0, 0.1) is 11.3 Å². The number of ether oxygens (including phenoxy) is 1. The van der Waals surface area contributed by atoms with Crippen molar-refractivity contribution >= 4 is 17.9 Å². The Morgan fingerprint density at radius 3 is 2.06 bits per heavy atom. The molecule has 0 aromatic heterocycles. The van der Waals surface area contributed by atoms with Crippen molar-refractivity contribution in [2.45, 2.75) is 37.7 Å². The summed E-state index contributed by atoms with van der Waals surface area (Å²) < 4.78 is 79.0. The van der Waals surface area contributed by atoms with Crippen LogP contribution in [0.1, 0.15) is 29.6 Å². The maximum atomic E-state index is 12.6. The molecule has 31 heavy (non-hydrogen) atoms. The van der Waals surface area contributed by atoms with Gasteiger partial charge in [0.15, 0.2) is 0 Å². The summed E-state index contributed by atoms with van der Waals surface area (Å²) in [7, 11) is 0. The molecule has 1 aliphatic heterocycles. The quantitative estimate of drug-likeness (QED) is 0.561. The Labute approximate surface area is 172 Å². The van der Waals surface area contributed by atoms with E-state index in [-0.39, 0.29) is 25.9 Å². The van der Waals surface area contributed by atoms with E-state index in [0.29, 0.717) is 12.0 Å². The Hall–Kier alpha value is -2.79. The highest BCUT2D eigenvalue weighted by Crippen LogP contribution is 2.59. The maximum absolute atomic E-state index is 12.6. The summed E-state index contributed by atoms with van der Waals surface area (Å²) in [6.45, 7) is -0.310. The summed E-state index contributed by atoms with van der Waals surface area (Å²) in [6.07, 6.45) is -16.7. The summed E-state index contributed by atoms with van der Waals surface area (Å²) in [5.41, 5.74) is -0.238. The lowest BCUT2D eigenvalue weighted by atomic mass is 9.91. The molecule has 1 aromatic rings. The van der Waals surface area contributed by atoms with Gasteiger partial charge in [0.25, 0.3) is 12.0 Å². The zero-order valence-electron chi connectivity index (χ0n) is 15.9. The van der Waals surface area contributed by atoms with E-state index in [4.69, 9.17) is 0 Å². The van der Waals surface area contributed by atoms with Crippen LogP contribution in [0.15, 0.2) is 30.3 Å². The first-order valence-corrected chi connectivity index (χ1v) is 9.33. The van der Waals surface area contributed by atoms with Gasteiger partial charge in [0.2, 0.25) is 5.91 Å². The third-order valence-corrected chi connectivity index (χ3v) is 5.61. The van der Waals surface area contributed by atoms with Crippen LogP contribution in [-0.4, -0.2) is 54.4 Å². The van der Waals surface area contributed by atoms with Gasteiger partial charge in [0.1, 0.15) is 0 Å². The van der Waals surface area contributed by atoms with Crippen LogP contribution in [0.2, 0.25) is 0 Å². The van der Waals surface area contributed by atoms with Gasteiger partial charge in [-0.25, -0.2) is 4.79 Å². The van der Waals surface area contributed by atoms with E-state index in [1.165, 1.54) is 12.1 Å². The fourth-order valence-electron chi connectivity index (χ4n) is 3.76. The number of rotatable bonds is 3. The van der Waals surface area contributed by atoms with Gasteiger partial charge in [-0.3, -0.25) is 14.9 Å². The van der Waals surface area contributed by atoms with E-state index in [9.17, 15) is 40.7 Å². The molecular weight excluding hydrogens is 434 g/mol. The van der Waals surface area contributed by atoms with Crippen LogP contribution in [0.3, 0.4) is 0 Å². The minimum absolute atomic E-state index is 0.155. The smallest absolute Gasteiger partial charge is 0.426 e. The number of amides is 3. The number of imide groups is 1. The molecule has 0 bridgehead atoms. The second-order valence-electron chi connectivity index (χ2n) is 7.64. The predicted molar refractivity (Wildman–Crippen MR) is 92.6 cm³/mol. The molecule has 12 heteroatoms. The highest BCUT2D eigenvalue weighted by atomic mass is 19.4. The van der Waals surface area contributed by atoms with Gasteiger partial charge in [-0.2, -0.15) is 26.3 Å². The molecule has 2 aliphatic rings. The van der Waals surface area contributed by atoms with Gasteiger partial charge in [-0.05, 0) is 36.8 Å². The van der Waals surface area contributed by atoms with E-state index in [1.54, 1.807) is 18.2 Å². The Bertz CT molecular complexity index is 833. The zero-order chi connectivity index (χ0) is 23.0. The second kappa shape index (κ2) is 8.04. The molecule has 1 atom stereocenters. The average Bonchev–Trinajstić information content (AvgIpc) is 3.38. The Kier molecular flexibility index (Phi) is 5.94. The summed E-state index contributed by atoms with van der Waals surface area (Å²) in [5.74, 6) is -1.59. The lowest BCUT2D eigenvalue weighted by Gasteiger charge is -2.33. The number of halogens is 6. The Balaban J connectivity index is 1.52. The molecule has 1 aliphatic carbocycles. The molecule has 1 spiro atoms. The first kappa shape index (κ1) is 22.9. The van der Waals surface area contributed by atoms with Gasteiger partial charge >= 0.3 is 18.4 Å². The number of piperidine rings is 1. The molecule has 6 nitrogen and oxygen atoms in total. The molecule has 3 rings (SSSR count). The summed E-state index contributed by atoms with van der Waals surface area (Å²) in [4.78, 5) is 37.0. The maximum Gasteiger partial charge on any atom is 0.434 e. The fraction of sp³-hybridized carbons (Fsp3) is 0.526. The van der Waals surface area contributed by atoms with Crippen LogP contribution in [0.4, 0.5) is 31.1 Å². The van der Waals surface area contributed by atoms with Crippen molar-refractivity contribution in [2.75, 3.05) is 13.1 Å². The monoisotopic (exact) mass is 452 g/mol. The van der Waals surface area contributed by atoms with Crippen LogP contribution >= 0.6 is 0 Å². The number of nitrogens with zero attached hydrogens (tertiary/aromatic N) is 1. The van der Waals surface area contributed by atoms with E-state index in [0.717, 1.165) is 4.90 Å². The molecule has 1 unspecified atom stereocenters. The molecule has 170 valence electrons. The molecule has 1 heterocycles. The standard InChI is InChI=1S/C19H18F6N2O4/c20-18(21,22)15(19(23,24)25)31-16(30)27-8-6-17(7-9-27)10-12(17)14(29)26-13(28)11-4-2-1-3-5-11/h1-5,12,15H,6-10H2,(H,26,28,29). The van der Waals surface area contributed by atoms with Crippen molar-refractivity contribution in [1.82, 2.24) is 10.2 Å². The molecular formula is C19H18F6N2O4. The first-order chi connectivity index (χ1) is 14.3. The van der Waals surface area contributed by atoms with Crippen LogP contribution < -0.4 is 5.32 Å². The molecule has 1 saturated carbocycles. The number of likely N-dealkylation sites (tertiary alicyclic amines) is 1. The largest absolute Gasteiger partial charge is 0.434 e. The average molecular weight is 452 g/mol. The summed E-state index contributed by atoms with van der Waals surface area (Å²) in [6, 6.07) is 8.04. The summed E-state index contributed by atoms with van der Waals surface area (Å²) >= 11 is 0. The minimum atomic E-state index is -5.78. The molecule has 3 amide bonds. The zero-order valence-corrected chi connectivity index (χ0v) is 15.9. The number of carbonyl (C=O) groups excluding carboxylic acids is 3. The van der Waals surface area contributed by atoms with Gasteiger partial charge in [-0.1, -0.05) is 18.2 Å². The highest BCUT2D eigenvalue weighted by Gasteiger charge is 2.61. The predicted octanol–water partition coefficient (Wildman–Crippen LogP) is 3.67. The van der Waals surface area contributed by atoms with Crippen molar-refractivity contribution in [3.05, 3.63) is 35.9 Å². The first-order valence-electron chi connectivity index (χ1n) is 9.33. The van der Waals surface area contributed by atoms with Crippen LogP contribution in [-0.2, 0) is 9.53 Å². The van der Waals surface area contributed by atoms with Gasteiger partial charge in [-0.15, -0.1) is 0 Å². The van der Waals surface area contributed by atoms with Crippen LogP contribution in [0.25, 0.3) is 0 Å². The van der Waals surface area contributed by atoms with E-state index in [2.05, 4.69) is 10.1 Å². The van der Waals surface area contributed by atoms with Crippen molar-refractivity contribution in [3.8, 4) is 0 Å². The third-order valence-electron chi connectivity index (χ3n) is 5.61. The van der Waals surface area contributed by atoms with Gasteiger partial charge in [0, 0.05) is 24.6 Å². The number of carbonyl (C=O) groups is 3. The lowest BCUT2D eigenvalue weighted by Crippen LogP contribution is -2.49. The minimum Gasteiger partial charge on any atom is -0.426 e. The second-order valence-corrected chi connectivity index (χ2v) is 7.64. The number of alkyl halides is 6.